The van der Waals surface area contributed by atoms with Crippen LogP contribution in [0.4, 0.5) is 11.4 Å². The number of para-hydroxylation sites is 2. The van der Waals surface area contributed by atoms with Crippen molar-refractivity contribution in [3.63, 3.8) is 0 Å². The number of ether oxygens (including phenoxy) is 2. The number of rotatable bonds is 6. The van der Waals surface area contributed by atoms with Gasteiger partial charge in [-0.15, -0.1) is 0 Å². The lowest BCUT2D eigenvalue weighted by Crippen LogP contribution is -2.32. The molecule has 31 heavy (non-hydrogen) atoms. The molecule has 0 saturated heterocycles. The van der Waals surface area contributed by atoms with Crippen molar-refractivity contribution in [1.82, 2.24) is 0 Å². The van der Waals surface area contributed by atoms with Crippen molar-refractivity contribution < 1.29 is 19.1 Å². The minimum Gasteiger partial charge on any atom is -0.497 e. The van der Waals surface area contributed by atoms with Crippen molar-refractivity contribution >= 4 is 28.8 Å². The maximum Gasteiger partial charge on any atom is 0.282 e. The maximum absolute atomic E-state index is 13.6. The molecule has 1 aliphatic heterocycles. The summed E-state index contributed by atoms with van der Waals surface area (Å²) in [6, 6.07) is 21.6. The van der Waals surface area contributed by atoms with Gasteiger partial charge in [0.1, 0.15) is 17.2 Å². The molecule has 3 aromatic rings. The number of nitrogens with one attached hydrogen (secondary N) is 1. The highest BCUT2D eigenvalue weighted by molar-refractivity contribution is 6.46. The monoisotopic (exact) mass is 414 g/mol. The van der Waals surface area contributed by atoms with Crippen LogP contribution < -0.4 is 19.7 Å². The predicted molar refractivity (Wildman–Crippen MR) is 120 cm³/mol. The zero-order chi connectivity index (χ0) is 22.0. The van der Waals surface area contributed by atoms with E-state index in [4.69, 9.17) is 9.47 Å². The number of methoxy groups -OCH3 is 2. The van der Waals surface area contributed by atoms with E-state index in [9.17, 15) is 9.59 Å². The second-order valence-corrected chi connectivity index (χ2v) is 7.04. The number of carbonyl (C=O) groups is 2. The van der Waals surface area contributed by atoms with E-state index in [1.807, 2.05) is 43.3 Å². The van der Waals surface area contributed by atoms with Crippen molar-refractivity contribution in [1.29, 1.82) is 0 Å². The molecule has 2 amide bonds. The first-order valence-electron chi connectivity index (χ1n) is 9.78. The Morgan fingerprint density at radius 2 is 1.55 bits per heavy atom. The van der Waals surface area contributed by atoms with Crippen LogP contribution in [0.25, 0.3) is 5.57 Å². The summed E-state index contributed by atoms with van der Waals surface area (Å²) in [5, 5.41) is 3.20. The number of aryl methyl sites for hydroxylation is 1. The van der Waals surface area contributed by atoms with Gasteiger partial charge in [-0.25, -0.2) is 4.90 Å². The van der Waals surface area contributed by atoms with E-state index in [1.54, 1.807) is 36.4 Å². The molecule has 1 N–H and O–H groups in total. The van der Waals surface area contributed by atoms with Crippen LogP contribution in [0.15, 0.2) is 78.5 Å². The van der Waals surface area contributed by atoms with Crippen LogP contribution in [0.3, 0.4) is 0 Å². The number of nitrogens with zero attached hydrogens (tertiary/aromatic N) is 1. The highest BCUT2D eigenvalue weighted by Crippen LogP contribution is 2.38. The predicted octanol–water partition coefficient (Wildman–Crippen LogP) is 4.41. The average molecular weight is 414 g/mol. The second-order valence-electron chi connectivity index (χ2n) is 7.04. The van der Waals surface area contributed by atoms with Crippen LogP contribution in [0.1, 0.15) is 11.1 Å². The molecule has 156 valence electrons. The van der Waals surface area contributed by atoms with E-state index in [-0.39, 0.29) is 11.3 Å². The highest BCUT2D eigenvalue weighted by atomic mass is 16.5. The van der Waals surface area contributed by atoms with Crippen LogP contribution in [0, 0.1) is 6.92 Å². The van der Waals surface area contributed by atoms with Gasteiger partial charge in [-0.2, -0.15) is 0 Å². The molecule has 0 bridgehead atoms. The van der Waals surface area contributed by atoms with Crippen LogP contribution in [-0.2, 0) is 9.59 Å². The van der Waals surface area contributed by atoms with Crippen molar-refractivity contribution in [3.8, 4) is 11.5 Å². The van der Waals surface area contributed by atoms with Gasteiger partial charge < -0.3 is 14.8 Å². The number of imide groups is 1. The van der Waals surface area contributed by atoms with Crippen LogP contribution in [0.5, 0.6) is 11.5 Å². The Labute approximate surface area is 180 Å². The number of amides is 2. The third-order valence-electron chi connectivity index (χ3n) is 5.18. The van der Waals surface area contributed by atoms with Gasteiger partial charge in [-0.05, 0) is 36.8 Å². The summed E-state index contributed by atoms with van der Waals surface area (Å²) in [5.74, 6) is 0.189. The normalized spacial score (nSPS) is 13.6. The van der Waals surface area contributed by atoms with Crippen LogP contribution >= 0.6 is 0 Å². The van der Waals surface area contributed by atoms with E-state index in [0.717, 1.165) is 16.2 Å². The van der Waals surface area contributed by atoms with E-state index in [2.05, 4.69) is 5.32 Å². The number of carbonyl (C=O) groups excluding carboxylic acids is 2. The summed E-state index contributed by atoms with van der Waals surface area (Å²) < 4.78 is 10.7. The molecule has 3 aromatic carbocycles. The summed E-state index contributed by atoms with van der Waals surface area (Å²) >= 11 is 0. The number of anilines is 2. The maximum atomic E-state index is 13.6. The first-order valence-corrected chi connectivity index (χ1v) is 9.78. The molecule has 0 spiro atoms. The molecule has 4 rings (SSSR count). The fourth-order valence-corrected chi connectivity index (χ4v) is 3.58. The average Bonchev–Trinajstić information content (AvgIpc) is 3.04. The van der Waals surface area contributed by atoms with Gasteiger partial charge in [0.05, 0.1) is 25.5 Å². The molecule has 0 saturated carbocycles. The molecule has 1 heterocycles. The molecule has 0 fully saturated rings. The van der Waals surface area contributed by atoms with Gasteiger partial charge in [0.25, 0.3) is 11.8 Å². The van der Waals surface area contributed by atoms with Crippen molar-refractivity contribution in [2.24, 2.45) is 0 Å². The van der Waals surface area contributed by atoms with Gasteiger partial charge in [-0.1, -0.05) is 42.5 Å². The van der Waals surface area contributed by atoms with Gasteiger partial charge in [0.15, 0.2) is 0 Å². The van der Waals surface area contributed by atoms with Crippen LogP contribution in [0.2, 0.25) is 0 Å². The van der Waals surface area contributed by atoms with Gasteiger partial charge >= 0.3 is 0 Å². The zero-order valence-corrected chi connectivity index (χ0v) is 17.5. The number of hydrogen-bond acceptors (Lipinski definition) is 5. The Balaban J connectivity index is 1.88. The topological polar surface area (TPSA) is 67.9 Å². The number of benzene rings is 3. The Kier molecular flexibility index (Phi) is 5.45. The lowest BCUT2D eigenvalue weighted by molar-refractivity contribution is -0.120. The van der Waals surface area contributed by atoms with E-state index in [1.165, 1.54) is 14.2 Å². The first kappa shape index (κ1) is 20.2. The molecule has 0 atom stereocenters. The van der Waals surface area contributed by atoms with E-state index < -0.39 is 11.8 Å². The smallest absolute Gasteiger partial charge is 0.282 e. The lowest BCUT2D eigenvalue weighted by Gasteiger charge is -2.16. The molecule has 1 aliphatic rings. The lowest BCUT2D eigenvalue weighted by atomic mass is 10.0. The minimum atomic E-state index is -0.442. The van der Waals surface area contributed by atoms with E-state index >= 15 is 0 Å². The minimum absolute atomic E-state index is 0.201. The van der Waals surface area contributed by atoms with E-state index in [0.29, 0.717) is 22.7 Å². The van der Waals surface area contributed by atoms with Crippen LogP contribution in [-0.4, -0.2) is 26.0 Å². The summed E-state index contributed by atoms with van der Waals surface area (Å²) in [7, 11) is 3.07. The van der Waals surface area contributed by atoms with Gasteiger partial charge in [0, 0.05) is 17.3 Å². The second kappa shape index (κ2) is 8.36. The fraction of sp³-hybridized carbons (Fsp3) is 0.120. The summed E-state index contributed by atoms with van der Waals surface area (Å²) in [4.78, 5) is 28.3. The number of hydrogen-bond donors (Lipinski definition) is 1. The molecule has 6 nitrogen and oxygen atoms in total. The Morgan fingerprint density at radius 1 is 0.806 bits per heavy atom. The molecular weight excluding hydrogens is 392 g/mol. The summed E-state index contributed by atoms with van der Waals surface area (Å²) in [6.07, 6.45) is 0. The molecule has 0 aromatic heterocycles. The van der Waals surface area contributed by atoms with Crippen molar-refractivity contribution in [2.45, 2.75) is 6.92 Å². The van der Waals surface area contributed by atoms with Gasteiger partial charge in [0.2, 0.25) is 0 Å². The summed E-state index contributed by atoms with van der Waals surface area (Å²) in [6.45, 7) is 1.94. The molecule has 0 unspecified atom stereocenters. The first-order chi connectivity index (χ1) is 15.0. The quantitative estimate of drug-likeness (QED) is 0.605. The Morgan fingerprint density at radius 3 is 2.29 bits per heavy atom. The molecule has 0 radical (unpaired) electrons. The van der Waals surface area contributed by atoms with Crippen molar-refractivity contribution in [3.05, 3.63) is 89.6 Å². The zero-order valence-electron chi connectivity index (χ0n) is 17.5. The molecule has 0 aliphatic carbocycles. The summed E-state index contributed by atoms with van der Waals surface area (Å²) in [5.41, 5.74) is 3.14. The third-order valence-corrected chi connectivity index (χ3v) is 5.18. The fourth-order valence-electron chi connectivity index (χ4n) is 3.58. The van der Waals surface area contributed by atoms with Gasteiger partial charge in [-0.3, -0.25) is 9.59 Å². The SMILES string of the molecule is COc1cccc(N2C(=O)C(Nc3ccccc3C)=C(c3ccccc3OC)C2=O)c1. The highest BCUT2D eigenvalue weighted by Gasteiger charge is 2.41. The largest absolute Gasteiger partial charge is 0.497 e. The molecule has 6 heteroatoms. The standard InChI is InChI=1S/C25H22N2O4/c1-16-9-4-6-13-20(16)26-23-22(19-12-5-7-14-21(19)31-3)24(28)27(25(23)29)17-10-8-11-18(15-17)30-2/h4-15,26H,1-3H3. The Hall–Kier alpha value is -4.06. The molecular formula is C25H22N2O4. The Bertz CT molecular complexity index is 1200. The third kappa shape index (κ3) is 3.64. The van der Waals surface area contributed by atoms with Crippen molar-refractivity contribution in [2.75, 3.05) is 24.4 Å².